The van der Waals surface area contributed by atoms with E-state index in [0.717, 1.165) is 4.88 Å². The summed E-state index contributed by atoms with van der Waals surface area (Å²) in [4.78, 5) is 0.771. The Hall–Kier alpha value is -1.53. The molecule has 2 aromatic rings. The van der Waals surface area contributed by atoms with Crippen LogP contribution in [0, 0.1) is 0 Å². The molecule has 0 fully saturated rings. The van der Waals surface area contributed by atoms with E-state index in [4.69, 9.17) is 18.5 Å². The number of phenolic OH excluding ortho intramolecular Hbond substituents is 1. The second-order valence-corrected chi connectivity index (χ2v) is 8.15. The molecule has 0 radical (unpaired) electrons. The topological polar surface area (TPSA) is 74.2 Å². The predicted octanol–water partition coefficient (Wildman–Crippen LogP) is 4.83. The Morgan fingerprint density at radius 1 is 1.12 bits per heavy atom. The Morgan fingerprint density at radius 2 is 1.72 bits per heavy atom. The molecule has 2 rings (SSSR count). The van der Waals surface area contributed by atoms with Gasteiger partial charge in [0, 0.05) is 16.5 Å². The molecule has 1 N–H and O–H groups in total. The summed E-state index contributed by atoms with van der Waals surface area (Å²) in [5.74, 6) is 0.753. The summed E-state index contributed by atoms with van der Waals surface area (Å²) in [5, 5.41) is 12.4. The minimum atomic E-state index is -3.57. The van der Waals surface area contributed by atoms with E-state index in [1.165, 1.54) is 31.6 Å². The van der Waals surface area contributed by atoms with Crippen LogP contribution in [0.1, 0.15) is 29.9 Å². The summed E-state index contributed by atoms with van der Waals surface area (Å²) >= 11 is 1.42. The number of ether oxygens (including phenoxy) is 2. The standard InChI is InChI=1S/C17H23O6PS/c1-5-22-24(19,23-6-2)17(16-8-7-9-25-16)12-10-14(20-3)15(21-4)11-13(12)18/h7-11,17-18H,5-6H2,1-4H3/t17-/m0/s1. The van der Waals surface area contributed by atoms with Crippen molar-refractivity contribution in [3.05, 3.63) is 40.1 Å². The van der Waals surface area contributed by atoms with Gasteiger partial charge >= 0.3 is 7.60 Å². The molecule has 0 saturated carbocycles. The highest BCUT2D eigenvalue weighted by atomic mass is 32.1. The highest BCUT2D eigenvalue weighted by molar-refractivity contribution is 7.55. The number of hydrogen-bond acceptors (Lipinski definition) is 7. The van der Waals surface area contributed by atoms with Crippen LogP contribution in [0.25, 0.3) is 0 Å². The molecule has 1 aromatic heterocycles. The molecule has 0 unspecified atom stereocenters. The summed E-state index contributed by atoms with van der Waals surface area (Å²) in [6.45, 7) is 3.97. The number of methoxy groups -OCH3 is 2. The van der Waals surface area contributed by atoms with Crippen LogP contribution in [-0.2, 0) is 13.6 Å². The van der Waals surface area contributed by atoms with E-state index >= 15 is 0 Å². The minimum absolute atomic E-state index is 0.0596. The van der Waals surface area contributed by atoms with Gasteiger partial charge in [0.15, 0.2) is 11.5 Å². The fraction of sp³-hybridized carbons (Fsp3) is 0.412. The molecule has 0 aliphatic heterocycles. The number of benzene rings is 1. The Kier molecular flexibility index (Phi) is 6.90. The lowest BCUT2D eigenvalue weighted by atomic mass is 10.1. The Morgan fingerprint density at radius 3 is 2.20 bits per heavy atom. The average molecular weight is 386 g/mol. The van der Waals surface area contributed by atoms with Crippen LogP contribution in [0.5, 0.6) is 17.2 Å². The molecule has 1 heterocycles. The number of rotatable bonds is 9. The first-order chi connectivity index (χ1) is 12.0. The monoisotopic (exact) mass is 386 g/mol. The smallest absolute Gasteiger partial charge is 0.343 e. The van der Waals surface area contributed by atoms with Gasteiger partial charge in [0.05, 0.1) is 27.4 Å². The second kappa shape index (κ2) is 8.72. The highest BCUT2D eigenvalue weighted by Gasteiger charge is 2.41. The van der Waals surface area contributed by atoms with E-state index in [1.54, 1.807) is 19.9 Å². The Bertz CT molecular complexity index is 721. The van der Waals surface area contributed by atoms with Gasteiger partial charge in [0.1, 0.15) is 11.4 Å². The van der Waals surface area contributed by atoms with Crippen molar-refractivity contribution in [2.75, 3.05) is 27.4 Å². The van der Waals surface area contributed by atoms with Crippen LogP contribution in [0.2, 0.25) is 0 Å². The van der Waals surface area contributed by atoms with Gasteiger partial charge in [-0.2, -0.15) is 0 Å². The van der Waals surface area contributed by atoms with Crippen LogP contribution in [-0.4, -0.2) is 32.5 Å². The molecule has 1 atom stereocenters. The first-order valence-corrected chi connectivity index (χ1v) is 10.4. The lowest BCUT2D eigenvalue weighted by molar-refractivity contribution is 0.215. The lowest BCUT2D eigenvalue weighted by Gasteiger charge is -2.27. The van der Waals surface area contributed by atoms with Crippen LogP contribution >= 0.6 is 18.9 Å². The van der Waals surface area contributed by atoms with Crippen molar-refractivity contribution < 1.29 is 28.2 Å². The van der Waals surface area contributed by atoms with Crippen LogP contribution < -0.4 is 9.47 Å². The summed E-state index contributed by atoms with van der Waals surface area (Å²) in [7, 11) is -0.578. The number of aromatic hydroxyl groups is 1. The predicted molar refractivity (Wildman–Crippen MR) is 98.2 cm³/mol. The maximum absolute atomic E-state index is 13.5. The van der Waals surface area contributed by atoms with Crippen molar-refractivity contribution in [1.82, 2.24) is 0 Å². The summed E-state index contributed by atoms with van der Waals surface area (Å²) in [6, 6.07) is 6.75. The molecule has 0 amide bonds. The van der Waals surface area contributed by atoms with E-state index in [9.17, 15) is 9.67 Å². The molecule has 0 bridgehead atoms. The first kappa shape index (κ1) is 19.8. The van der Waals surface area contributed by atoms with E-state index in [2.05, 4.69) is 0 Å². The summed E-state index contributed by atoms with van der Waals surface area (Å²) in [5.41, 5.74) is -0.350. The third-order valence-corrected chi connectivity index (χ3v) is 7.11. The molecular weight excluding hydrogens is 363 g/mol. The van der Waals surface area contributed by atoms with Gasteiger partial charge < -0.3 is 23.6 Å². The third kappa shape index (κ3) is 4.18. The third-order valence-electron chi connectivity index (χ3n) is 3.57. The van der Waals surface area contributed by atoms with E-state index in [1.807, 2.05) is 17.5 Å². The van der Waals surface area contributed by atoms with E-state index in [0.29, 0.717) is 17.1 Å². The quantitative estimate of drug-likeness (QED) is 0.623. The molecule has 0 aliphatic carbocycles. The Labute approximate surface area is 151 Å². The normalized spacial score (nSPS) is 12.8. The van der Waals surface area contributed by atoms with Gasteiger partial charge in [-0.1, -0.05) is 6.07 Å². The molecule has 1 aromatic carbocycles. The molecule has 6 nitrogen and oxygen atoms in total. The molecule has 0 aliphatic rings. The zero-order valence-electron chi connectivity index (χ0n) is 14.7. The largest absolute Gasteiger partial charge is 0.507 e. The van der Waals surface area contributed by atoms with Crippen molar-refractivity contribution in [1.29, 1.82) is 0 Å². The molecule has 0 saturated heterocycles. The van der Waals surface area contributed by atoms with Crippen LogP contribution in [0.15, 0.2) is 29.6 Å². The zero-order valence-corrected chi connectivity index (χ0v) is 16.4. The fourth-order valence-electron chi connectivity index (χ4n) is 2.58. The van der Waals surface area contributed by atoms with Crippen molar-refractivity contribution in [2.45, 2.75) is 19.5 Å². The van der Waals surface area contributed by atoms with Gasteiger partial charge in [-0.3, -0.25) is 4.57 Å². The summed E-state index contributed by atoms with van der Waals surface area (Å²) < 4.78 is 35.1. The Balaban J connectivity index is 2.67. The van der Waals surface area contributed by atoms with Crippen LogP contribution in [0.4, 0.5) is 0 Å². The summed E-state index contributed by atoms with van der Waals surface area (Å²) in [6.07, 6.45) is 0. The SMILES string of the molecule is CCOP(=O)(OCC)[C@H](c1cccs1)c1cc(OC)c(OC)cc1O. The average Bonchev–Trinajstić information content (AvgIpc) is 3.10. The minimum Gasteiger partial charge on any atom is -0.507 e. The number of thiophene rings is 1. The molecule has 138 valence electrons. The number of phenols is 1. The molecule has 25 heavy (non-hydrogen) atoms. The van der Waals surface area contributed by atoms with Crippen molar-refractivity contribution >= 4 is 18.9 Å². The van der Waals surface area contributed by atoms with E-state index in [-0.39, 0.29) is 19.0 Å². The molecular formula is C17H23O6PS. The van der Waals surface area contributed by atoms with Gasteiger partial charge in [-0.15, -0.1) is 11.3 Å². The maximum atomic E-state index is 13.5. The van der Waals surface area contributed by atoms with Crippen molar-refractivity contribution in [2.24, 2.45) is 0 Å². The second-order valence-electron chi connectivity index (χ2n) is 5.06. The lowest BCUT2D eigenvalue weighted by Crippen LogP contribution is -2.08. The highest BCUT2D eigenvalue weighted by Crippen LogP contribution is 2.65. The first-order valence-electron chi connectivity index (χ1n) is 7.87. The van der Waals surface area contributed by atoms with Gasteiger partial charge in [0.25, 0.3) is 0 Å². The van der Waals surface area contributed by atoms with Gasteiger partial charge in [0.2, 0.25) is 0 Å². The van der Waals surface area contributed by atoms with Crippen molar-refractivity contribution in [3.63, 3.8) is 0 Å². The van der Waals surface area contributed by atoms with Gasteiger partial charge in [-0.05, 0) is 31.4 Å². The molecule has 8 heteroatoms. The maximum Gasteiger partial charge on any atom is 0.343 e. The van der Waals surface area contributed by atoms with Crippen molar-refractivity contribution in [3.8, 4) is 17.2 Å². The fourth-order valence-corrected chi connectivity index (χ4v) is 5.91. The number of hydrogen-bond donors (Lipinski definition) is 1. The zero-order chi connectivity index (χ0) is 18.4. The molecule has 0 spiro atoms. The van der Waals surface area contributed by atoms with Crippen LogP contribution in [0.3, 0.4) is 0 Å². The van der Waals surface area contributed by atoms with E-state index < -0.39 is 13.3 Å². The van der Waals surface area contributed by atoms with Gasteiger partial charge in [-0.25, -0.2) is 0 Å².